The van der Waals surface area contributed by atoms with Gasteiger partial charge in [-0.2, -0.15) is 4.31 Å². The Hall–Kier alpha value is -2.12. The monoisotopic (exact) mass is 389 g/mol. The van der Waals surface area contributed by atoms with Crippen LogP contribution in [0.5, 0.6) is 5.75 Å². The van der Waals surface area contributed by atoms with Gasteiger partial charge in [-0.25, -0.2) is 13.4 Å². The molecule has 0 unspecified atom stereocenters. The fourth-order valence-corrected chi connectivity index (χ4v) is 4.81. The van der Waals surface area contributed by atoms with Crippen LogP contribution >= 0.6 is 0 Å². The predicted octanol–water partition coefficient (Wildman–Crippen LogP) is 3.66. The molecule has 0 bridgehead atoms. The van der Waals surface area contributed by atoms with Crippen LogP contribution in [0.15, 0.2) is 47.5 Å². The second kappa shape index (κ2) is 8.71. The molecule has 1 aromatic carbocycles. The van der Waals surface area contributed by atoms with Crippen molar-refractivity contribution in [3.8, 4) is 5.75 Å². The molecule has 0 aliphatic carbocycles. The lowest BCUT2D eigenvalue weighted by molar-refractivity contribution is 0.240. The number of piperidine rings is 1. The molecule has 146 valence electrons. The molecule has 0 radical (unpaired) electrons. The largest absolute Gasteiger partial charge is 0.491 e. The maximum Gasteiger partial charge on any atom is 0.246 e. The predicted molar refractivity (Wildman–Crippen MR) is 106 cm³/mol. The van der Waals surface area contributed by atoms with E-state index in [4.69, 9.17) is 4.74 Å². The van der Waals surface area contributed by atoms with Gasteiger partial charge in [0.05, 0.1) is 6.10 Å². The zero-order chi connectivity index (χ0) is 19.3. The van der Waals surface area contributed by atoms with Crippen molar-refractivity contribution in [1.82, 2.24) is 9.29 Å². The Balaban J connectivity index is 1.81. The molecule has 27 heavy (non-hydrogen) atoms. The Morgan fingerprint density at radius 2 is 1.85 bits per heavy atom. The Kier molecular flexibility index (Phi) is 6.34. The first-order valence-electron chi connectivity index (χ1n) is 9.42. The summed E-state index contributed by atoms with van der Waals surface area (Å²) in [4.78, 5) is 4.52. The van der Waals surface area contributed by atoms with E-state index in [-0.39, 0.29) is 11.0 Å². The van der Waals surface area contributed by atoms with Gasteiger partial charge in [-0.05, 0) is 44.9 Å². The van der Waals surface area contributed by atoms with Gasteiger partial charge in [-0.3, -0.25) is 0 Å². The van der Waals surface area contributed by atoms with Gasteiger partial charge >= 0.3 is 0 Å². The Bertz CT molecular complexity index is 862. The standard InChI is InChI=1S/C20H27N3O3S/c1-16(2)26-18-10-5-4-9-17(18)15-22-20-19(11-8-12-21-20)27(24,25)23-13-6-3-7-14-23/h4-5,8-12,16H,3,6-7,13-15H2,1-2H3,(H,21,22). The summed E-state index contributed by atoms with van der Waals surface area (Å²) in [7, 11) is -3.55. The topological polar surface area (TPSA) is 71.5 Å². The molecule has 6 nitrogen and oxygen atoms in total. The number of anilines is 1. The SMILES string of the molecule is CC(C)Oc1ccccc1CNc1ncccc1S(=O)(=O)N1CCCCC1. The third-order valence-electron chi connectivity index (χ3n) is 4.49. The Morgan fingerprint density at radius 1 is 1.11 bits per heavy atom. The lowest BCUT2D eigenvalue weighted by Gasteiger charge is -2.26. The number of para-hydroxylation sites is 1. The second-order valence-electron chi connectivity index (χ2n) is 6.94. The molecular weight excluding hydrogens is 362 g/mol. The molecular formula is C20H27N3O3S. The molecule has 0 atom stereocenters. The van der Waals surface area contributed by atoms with E-state index in [2.05, 4.69) is 10.3 Å². The van der Waals surface area contributed by atoms with Crippen molar-refractivity contribution >= 4 is 15.8 Å². The van der Waals surface area contributed by atoms with E-state index in [0.29, 0.717) is 25.5 Å². The number of hydrogen-bond acceptors (Lipinski definition) is 5. The number of nitrogens with zero attached hydrogens (tertiary/aromatic N) is 2. The minimum atomic E-state index is -3.55. The number of sulfonamides is 1. The van der Waals surface area contributed by atoms with Crippen molar-refractivity contribution < 1.29 is 13.2 Å². The molecule has 2 aromatic rings. The summed E-state index contributed by atoms with van der Waals surface area (Å²) in [5.74, 6) is 1.17. The molecule has 0 spiro atoms. The highest BCUT2D eigenvalue weighted by Gasteiger charge is 2.28. The number of hydrogen-bond donors (Lipinski definition) is 1. The van der Waals surface area contributed by atoms with Crippen LogP contribution in [0.2, 0.25) is 0 Å². The fourth-order valence-electron chi connectivity index (χ4n) is 3.17. The van der Waals surface area contributed by atoms with Gasteiger partial charge in [0.25, 0.3) is 0 Å². The number of nitrogens with one attached hydrogen (secondary N) is 1. The maximum absolute atomic E-state index is 13.1. The maximum atomic E-state index is 13.1. The summed E-state index contributed by atoms with van der Waals surface area (Å²) in [6, 6.07) is 11.0. The average Bonchev–Trinajstić information content (AvgIpc) is 2.68. The van der Waals surface area contributed by atoms with Gasteiger partial charge in [0.15, 0.2) is 0 Å². The quantitative estimate of drug-likeness (QED) is 0.782. The highest BCUT2D eigenvalue weighted by Crippen LogP contribution is 2.27. The molecule has 1 N–H and O–H groups in total. The molecule has 1 aliphatic heterocycles. The first kappa shape index (κ1) is 19.6. The molecule has 1 aliphatic rings. The third kappa shape index (κ3) is 4.78. The smallest absolute Gasteiger partial charge is 0.246 e. The number of pyridine rings is 1. The van der Waals surface area contributed by atoms with Crippen molar-refractivity contribution in [3.63, 3.8) is 0 Å². The van der Waals surface area contributed by atoms with Crippen LogP contribution in [0.4, 0.5) is 5.82 Å². The summed E-state index contributed by atoms with van der Waals surface area (Å²) in [6.07, 6.45) is 4.56. The van der Waals surface area contributed by atoms with E-state index in [1.165, 1.54) is 0 Å². The minimum absolute atomic E-state index is 0.0658. The van der Waals surface area contributed by atoms with Crippen LogP contribution < -0.4 is 10.1 Å². The Labute approximate surface area is 161 Å². The zero-order valence-electron chi connectivity index (χ0n) is 15.9. The van der Waals surface area contributed by atoms with Crippen LogP contribution in [0.1, 0.15) is 38.7 Å². The van der Waals surface area contributed by atoms with Crippen LogP contribution in [-0.4, -0.2) is 36.9 Å². The minimum Gasteiger partial charge on any atom is -0.491 e. The summed E-state index contributed by atoms with van der Waals surface area (Å²) >= 11 is 0. The molecule has 1 fully saturated rings. The van der Waals surface area contributed by atoms with E-state index in [9.17, 15) is 8.42 Å². The highest BCUT2D eigenvalue weighted by atomic mass is 32.2. The lowest BCUT2D eigenvalue weighted by atomic mass is 10.2. The van der Waals surface area contributed by atoms with Crippen LogP contribution in [0, 0.1) is 0 Å². The molecule has 7 heteroatoms. The van der Waals surface area contributed by atoms with E-state index in [0.717, 1.165) is 30.6 Å². The van der Waals surface area contributed by atoms with E-state index in [1.807, 2.05) is 38.1 Å². The highest BCUT2D eigenvalue weighted by molar-refractivity contribution is 7.89. The van der Waals surface area contributed by atoms with Gasteiger partial charge in [-0.15, -0.1) is 0 Å². The lowest BCUT2D eigenvalue weighted by Crippen LogP contribution is -2.36. The number of rotatable bonds is 7. The summed E-state index contributed by atoms with van der Waals surface area (Å²) in [6.45, 7) is 5.53. The van der Waals surface area contributed by atoms with Crippen molar-refractivity contribution in [2.75, 3.05) is 18.4 Å². The van der Waals surface area contributed by atoms with Gasteiger partial charge in [0, 0.05) is 31.4 Å². The first-order chi connectivity index (χ1) is 13.0. The number of aromatic nitrogens is 1. The molecule has 1 saturated heterocycles. The van der Waals surface area contributed by atoms with E-state index in [1.54, 1.807) is 22.6 Å². The van der Waals surface area contributed by atoms with Gasteiger partial charge < -0.3 is 10.1 Å². The van der Waals surface area contributed by atoms with Gasteiger partial charge in [-0.1, -0.05) is 24.6 Å². The normalized spacial score (nSPS) is 15.7. The fraction of sp³-hybridized carbons (Fsp3) is 0.450. The van der Waals surface area contributed by atoms with E-state index < -0.39 is 10.0 Å². The van der Waals surface area contributed by atoms with Crippen LogP contribution in [-0.2, 0) is 16.6 Å². The summed E-state index contributed by atoms with van der Waals surface area (Å²) < 4.78 is 33.5. The molecule has 1 aromatic heterocycles. The van der Waals surface area contributed by atoms with Crippen LogP contribution in [0.25, 0.3) is 0 Å². The second-order valence-corrected chi connectivity index (χ2v) is 8.85. The van der Waals surface area contributed by atoms with Crippen molar-refractivity contribution in [3.05, 3.63) is 48.2 Å². The summed E-state index contributed by atoms with van der Waals surface area (Å²) in [5.41, 5.74) is 0.957. The molecule has 3 rings (SSSR count). The zero-order valence-corrected chi connectivity index (χ0v) is 16.7. The van der Waals surface area contributed by atoms with Crippen molar-refractivity contribution in [2.45, 2.75) is 50.7 Å². The summed E-state index contributed by atoms with van der Waals surface area (Å²) in [5, 5.41) is 3.19. The molecule has 0 amide bonds. The molecule has 2 heterocycles. The third-order valence-corrected chi connectivity index (χ3v) is 6.42. The van der Waals surface area contributed by atoms with Gasteiger partial charge in [0.2, 0.25) is 10.0 Å². The van der Waals surface area contributed by atoms with Crippen LogP contribution in [0.3, 0.4) is 0 Å². The van der Waals surface area contributed by atoms with E-state index >= 15 is 0 Å². The average molecular weight is 390 g/mol. The van der Waals surface area contributed by atoms with Crippen molar-refractivity contribution in [2.24, 2.45) is 0 Å². The first-order valence-corrected chi connectivity index (χ1v) is 10.9. The van der Waals surface area contributed by atoms with Crippen molar-refractivity contribution in [1.29, 1.82) is 0 Å². The number of ether oxygens (including phenoxy) is 1. The van der Waals surface area contributed by atoms with Gasteiger partial charge in [0.1, 0.15) is 16.5 Å². The Morgan fingerprint density at radius 3 is 2.59 bits per heavy atom. The number of benzene rings is 1. The molecule has 0 saturated carbocycles.